The molecular formula is C12H14BrFO4. The Morgan fingerprint density at radius 2 is 1.61 bits per heavy atom. The second kappa shape index (κ2) is 8.07. The zero-order chi connectivity index (χ0) is 13.4. The number of benzene rings is 1. The predicted molar refractivity (Wildman–Crippen MR) is 69.5 cm³/mol. The topological polar surface area (TPSA) is 36.9 Å². The van der Waals surface area contributed by atoms with Gasteiger partial charge in [0.05, 0.1) is 0 Å². The van der Waals surface area contributed by atoms with Crippen molar-refractivity contribution in [1.82, 2.24) is 0 Å². The molecule has 0 amide bonds. The summed E-state index contributed by atoms with van der Waals surface area (Å²) in [6.45, 7) is 0.210. The summed E-state index contributed by atoms with van der Waals surface area (Å²) in [5.74, 6) is 1.04. The zero-order valence-electron chi connectivity index (χ0n) is 10.1. The van der Waals surface area contributed by atoms with Crippen LogP contribution in [0.5, 0.6) is 11.5 Å². The van der Waals surface area contributed by atoms with Gasteiger partial charge < -0.3 is 18.9 Å². The molecule has 0 heterocycles. The van der Waals surface area contributed by atoms with E-state index >= 15 is 0 Å². The van der Waals surface area contributed by atoms with Gasteiger partial charge in [-0.1, -0.05) is 0 Å². The largest absolute Gasteiger partial charge is 0.467 e. The maximum absolute atomic E-state index is 12.8. The van der Waals surface area contributed by atoms with Gasteiger partial charge in [0.2, 0.25) is 0 Å². The van der Waals surface area contributed by atoms with Gasteiger partial charge in [0.1, 0.15) is 11.5 Å². The van der Waals surface area contributed by atoms with E-state index in [1.807, 2.05) is 0 Å². The van der Waals surface area contributed by atoms with Gasteiger partial charge in [-0.15, -0.1) is 0 Å². The van der Waals surface area contributed by atoms with Crippen LogP contribution >= 0.6 is 15.9 Å². The number of halogens is 2. The third-order valence-electron chi connectivity index (χ3n) is 1.87. The van der Waals surface area contributed by atoms with Crippen LogP contribution in [0.1, 0.15) is 5.56 Å². The van der Waals surface area contributed by atoms with Gasteiger partial charge in [0.15, 0.2) is 18.3 Å². The second-order valence-electron chi connectivity index (χ2n) is 3.27. The van der Waals surface area contributed by atoms with Crippen molar-refractivity contribution in [2.45, 2.75) is 0 Å². The van der Waals surface area contributed by atoms with Crippen LogP contribution in [0.2, 0.25) is 0 Å². The van der Waals surface area contributed by atoms with Crippen molar-refractivity contribution in [2.75, 3.05) is 27.8 Å². The Hall–Kier alpha value is -1.11. The fourth-order valence-corrected chi connectivity index (χ4v) is 1.49. The molecule has 4 nitrogen and oxygen atoms in total. The highest BCUT2D eigenvalue weighted by atomic mass is 79.9. The Kier molecular flexibility index (Phi) is 6.70. The first kappa shape index (κ1) is 14.9. The van der Waals surface area contributed by atoms with E-state index in [1.165, 1.54) is 20.3 Å². The lowest BCUT2D eigenvalue weighted by Crippen LogP contribution is -2.02. The lowest BCUT2D eigenvalue weighted by Gasteiger charge is -2.10. The van der Waals surface area contributed by atoms with Gasteiger partial charge in [-0.25, -0.2) is 0 Å². The second-order valence-corrected chi connectivity index (χ2v) is 4.03. The van der Waals surface area contributed by atoms with Gasteiger partial charge >= 0.3 is 0 Å². The maximum Gasteiger partial charge on any atom is 0.188 e. The highest BCUT2D eigenvalue weighted by Crippen LogP contribution is 2.25. The van der Waals surface area contributed by atoms with E-state index in [0.29, 0.717) is 17.1 Å². The Bertz CT molecular complexity index is 379. The van der Waals surface area contributed by atoms with Gasteiger partial charge in [0, 0.05) is 20.3 Å². The van der Waals surface area contributed by atoms with Crippen molar-refractivity contribution in [3.05, 3.63) is 28.5 Å². The molecule has 0 unspecified atom stereocenters. The lowest BCUT2D eigenvalue weighted by atomic mass is 10.2. The minimum atomic E-state index is -0.482. The molecule has 0 aliphatic rings. The average molecular weight is 321 g/mol. The van der Waals surface area contributed by atoms with Crippen LogP contribution in [0.4, 0.5) is 4.39 Å². The summed E-state index contributed by atoms with van der Waals surface area (Å²) in [5.41, 5.74) is 0.601. The minimum absolute atomic E-state index is 0.105. The van der Waals surface area contributed by atoms with E-state index in [1.54, 1.807) is 18.2 Å². The zero-order valence-corrected chi connectivity index (χ0v) is 11.7. The van der Waals surface area contributed by atoms with Gasteiger partial charge in [-0.3, -0.25) is 0 Å². The van der Waals surface area contributed by atoms with Crippen LogP contribution in [-0.2, 0) is 9.47 Å². The molecule has 0 saturated heterocycles. The van der Waals surface area contributed by atoms with Gasteiger partial charge in [0.25, 0.3) is 0 Å². The summed E-state index contributed by atoms with van der Waals surface area (Å²) in [7, 11) is 3.04. The SMILES string of the molecule is COCOc1cc(/C=C(/F)Br)cc(OCOC)c1. The van der Waals surface area contributed by atoms with E-state index in [4.69, 9.17) is 18.9 Å². The van der Waals surface area contributed by atoms with E-state index in [2.05, 4.69) is 15.9 Å². The standard InChI is InChI=1S/C12H14BrFO4/c1-15-7-17-10-3-9(5-12(13)14)4-11(6-10)18-8-16-2/h3-6H,7-8H2,1-2H3/b12-5+. The van der Waals surface area contributed by atoms with E-state index in [0.717, 1.165) is 0 Å². The molecule has 1 rings (SSSR count). The molecule has 0 bridgehead atoms. The van der Waals surface area contributed by atoms with Crippen molar-refractivity contribution in [3.63, 3.8) is 0 Å². The fraction of sp³-hybridized carbons (Fsp3) is 0.333. The summed E-state index contributed by atoms with van der Waals surface area (Å²) in [6, 6.07) is 5.00. The maximum atomic E-state index is 12.8. The van der Waals surface area contributed by atoms with Crippen LogP contribution in [0.25, 0.3) is 6.08 Å². The number of hydrogen-bond donors (Lipinski definition) is 0. The first-order valence-electron chi connectivity index (χ1n) is 5.07. The molecule has 0 aromatic heterocycles. The van der Waals surface area contributed by atoms with Crippen molar-refractivity contribution in [1.29, 1.82) is 0 Å². The molecule has 0 atom stereocenters. The van der Waals surface area contributed by atoms with E-state index < -0.39 is 4.74 Å². The molecule has 0 spiro atoms. The van der Waals surface area contributed by atoms with Gasteiger partial charge in [-0.05, 0) is 39.7 Å². The summed E-state index contributed by atoms with van der Waals surface area (Å²) in [5, 5.41) is 0. The van der Waals surface area contributed by atoms with Crippen molar-refractivity contribution >= 4 is 22.0 Å². The quantitative estimate of drug-likeness (QED) is 0.722. The molecular weight excluding hydrogens is 307 g/mol. The number of methoxy groups -OCH3 is 2. The molecule has 18 heavy (non-hydrogen) atoms. The molecule has 0 aliphatic heterocycles. The first-order valence-corrected chi connectivity index (χ1v) is 5.86. The third kappa shape index (κ3) is 5.48. The van der Waals surface area contributed by atoms with Crippen molar-refractivity contribution in [3.8, 4) is 11.5 Å². The molecule has 0 saturated carbocycles. The van der Waals surface area contributed by atoms with Crippen LogP contribution in [-0.4, -0.2) is 27.8 Å². The molecule has 0 N–H and O–H groups in total. The first-order chi connectivity index (χ1) is 8.65. The smallest absolute Gasteiger partial charge is 0.188 e. The number of ether oxygens (including phenoxy) is 4. The Labute approximate surface area is 113 Å². The van der Waals surface area contributed by atoms with Crippen LogP contribution < -0.4 is 9.47 Å². The van der Waals surface area contributed by atoms with Crippen LogP contribution in [0.15, 0.2) is 22.9 Å². The Morgan fingerprint density at radius 1 is 1.11 bits per heavy atom. The predicted octanol–water partition coefficient (Wildman–Crippen LogP) is 3.31. The highest BCUT2D eigenvalue weighted by Gasteiger charge is 2.03. The molecule has 1 aromatic carbocycles. The summed E-state index contributed by atoms with van der Waals surface area (Å²) >= 11 is 2.73. The monoisotopic (exact) mass is 320 g/mol. The third-order valence-corrected chi connectivity index (χ3v) is 2.09. The molecule has 6 heteroatoms. The highest BCUT2D eigenvalue weighted by molar-refractivity contribution is 9.11. The summed E-state index contributed by atoms with van der Waals surface area (Å²) in [6.07, 6.45) is 1.30. The van der Waals surface area contributed by atoms with E-state index in [9.17, 15) is 4.39 Å². The molecule has 0 aliphatic carbocycles. The molecule has 100 valence electrons. The lowest BCUT2D eigenvalue weighted by molar-refractivity contribution is 0.0460. The van der Waals surface area contributed by atoms with Gasteiger partial charge in [-0.2, -0.15) is 4.39 Å². The molecule has 0 radical (unpaired) electrons. The van der Waals surface area contributed by atoms with Crippen LogP contribution in [0, 0.1) is 0 Å². The summed E-state index contributed by atoms with van der Waals surface area (Å²) in [4.78, 5) is 0. The normalized spacial score (nSPS) is 11.4. The molecule has 0 fully saturated rings. The van der Waals surface area contributed by atoms with Crippen molar-refractivity contribution < 1.29 is 23.3 Å². The minimum Gasteiger partial charge on any atom is -0.467 e. The molecule has 1 aromatic rings. The van der Waals surface area contributed by atoms with E-state index in [-0.39, 0.29) is 13.6 Å². The fourth-order valence-electron chi connectivity index (χ4n) is 1.22. The average Bonchev–Trinajstić information content (AvgIpc) is 2.33. The Morgan fingerprint density at radius 3 is 2.00 bits per heavy atom. The number of hydrogen-bond acceptors (Lipinski definition) is 4. The van der Waals surface area contributed by atoms with Crippen molar-refractivity contribution in [2.24, 2.45) is 0 Å². The summed E-state index contributed by atoms with van der Waals surface area (Å²) < 4.78 is 32.5. The number of rotatable bonds is 7. The van der Waals surface area contributed by atoms with Crippen LogP contribution in [0.3, 0.4) is 0 Å². The Balaban J connectivity index is 2.92.